The molecule has 0 aromatic heterocycles. The van der Waals surface area contributed by atoms with E-state index in [9.17, 15) is 14.4 Å². The van der Waals surface area contributed by atoms with Gasteiger partial charge >= 0.3 is 0 Å². The third-order valence-corrected chi connectivity index (χ3v) is 6.70. The van der Waals surface area contributed by atoms with Crippen molar-refractivity contribution in [3.05, 3.63) is 65.2 Å². The highest BCUT2D eigenvalue weighted by atomic mass is 16.5. The number of rotatable bonds is 8. The average molecular weight is 488 g/mol. The fourth-order valence-electron chi connectivity index (χ4n) is 4.75. The van der Waals surface area contributed by atoms with Crippen molar-refractivity contribution < 1.29 is 23.9 Å². The first-order valence-electron chi connectivity index (χ1n) is 12.0. The van der Waals surface area contributed by atoms with Gasteiger partial charge in [0.05, 0.1) is 38.0 Å². The third kappa shape index (κ3) is 5.10. The molecule has 0 radical (unpaired) electrons. The van der Waals surface area contributed by atoms with Gasteiger partial charge < -0.3 is 14.4 Å². The summed E-state index contributed by atoms with van der Waals surface area (Å²) in [4.78, 5) is 42.8. The number of hydrogen-bond acceptors (Lipinski definition) is 6. The van der Waals surface area contributed by atoms with Gasteiger partial charge in [0.15, 0.2) is 11.5 Å². The van der Waals surface area contributed by atoms with E-state index in [0.29, 0.717) is 41.3 Å². The summed E-state index contributed by atoms with van der Waals surface area (Å²) in [6, 6.07) is 12.3. The number of benzene rings is 2. The van der Waals surface area contributed by atoms with Crippen LogP contribution >= 0.6 is 0 Å². The number of nitrogens with zero attached hydrogens (tertiary/aromatic N) is 3. The van der Waals surface area contributed by atoms with Gasteiger partial charge in [-0.2, -0.15) is 5.26 Å². The summed E-state index contributed by atoms with van der Waals surface area (Å²) in [7, 11) is 3.01. The van der Waals surface area contributed by atoms with Gasteiger partial charge in [-0.25, -0.2) is 4.90 Å². The lowest BCUT2D eigenvalue weighted by molar-refractivity contribution is -0.122. The first kappa shape index (κ1) is 25.0. The van der Waals surface area contributed by atoms with Gasteiger partial charge in [-0.1, -0.05) is 11.6 Å². The maximum atomic E-state index is 13.7. The zero-order valence-corrected chi connectivity index (χ0v) is 20.5. The summed E-state index contributed by atoms with van der Waals surface area (Å²) in [5.41, 5.74) is 2.44. The van der Waals surface area contributed by atoms with Crippen LogP contribution in [0.4, 0.5) is 5.69 Å². The molecule has 1 aliphatic carbocycles. The molecule has 1 saturated heterocycles. The van der Waals surface area contributed by atoms with E-state index in [-0.39, 0.29) is 18.2 Å². The molecule has 1 unspecified atom stereocenters. The van der Waals surface area contributed by atoms with Crippen LogP contribution in [0.25, 0.3) is 0 Å². The van der Waals surface area contributed by atoms with Crippen molar-refractivity contribution in [2.75, 3.05) is 25.7 Å². The number of imide groups is 1. The summed E-state index contributed by atoms with van der Waals surface area (Å²) >= 11 is 0. The Kier molecular flexibility index (Phi) is 7.69. The monoisotopic (exact) mass is 487 g/mol. The minimum atomic E-state index is -0.919. The van der Waals surface area contributed by atoms with Crippen LogP contribution in [0.15, 0.2) is 54.1 Å². The predicted molar refractivity (Wildman–Crippen MR) is 134 cm³/mol. The highest BCUT2D eigenvalue weighted by Crippen LogP contribution is 2.31. The summed E-state index contributed by atoms with van der Waals surface area (Å²) < 4.78 is 10.6. The molecule has 1 heterocycles. The molecule has 0 saturated carbocycles. The number of methoxy groups -OCH3 is 2. The Balaban J connectivity index is 1.64. The Morgan fingerprint density at radius 2 is 1.83 bits per heavy atom. The molecular weight excluding hydrogens is 458 g/mol. The standard InChI is InChI=1S/C28H29N3O5/c1-35-24-13-10-21(16-25(24)36-2)27(33)30(15-14-19-6-4-3-5-7-19)23-17-26(32)31(28(23)34)22-11-8-20(18-29)9-12-22/h6,8-13,16,23H,3-5,7,14-15,17H2,1-2H3. The number of ether oxygens (including phenoxy) is 2. The summed E-state index contributed by atoms with van der Waals surface area (Å²) in [6.45, 7) is 0.323. The Morgan fingerprint density at radius 3 is 2.47 bits per heavy atom. The lowest BCUT2D eigenvalue weighted by Gasteiger charge is -2.29. The van der Waals surface area contributed by atoms with Crippen LogP contribution in [0.3, 0.4) is 0 Å². The number of hydrogen-bond donors (Lipinski definition) is 0. The maximum absolute atomic E-state index is 13.7. The molecule has 0 N–H and O–H groups in total. The first-order valence-corrected chi connectivity index (χ1v) is 12.0. The van der Waals surface area contributed by atoms with E-state index in [2.05, 4.69) is 6.08 Å². The second kappa shape index (κ2) is 11.1. The van der Waals surface area contributed by atoms with Gasteiger partial charge in [0.25, 0.3) is 11.8 Å². The molecule has 0 spiro atoms. The molecular formula is C28H29N3O5. The van der Waals surface area contributed by atoms with Crippen molar-refractivity contribution in [3.63, 3.8) is 0 Å². The Morgan fingerprint density at radius 1 is 1.08 bits per heavy atom. The van der Waals surface area contributed by atoms with Crippen molar-refractivity contribution in [2.24, 2.45) is 0 Å². The van der Waals surface area contributed by atoms with Crippen molar-refractivity contribution in [3.8, 4) is 17.6 Å². The van der Waals surface area contributed by atoms with Crippen molar-refractivity contribution >= 4 is 23.4 Å². The largest absolute Gasteiger partial charge is 0.493 e. The normalized spacial score (nSPS) is 17.4. The van der Waals surface area contributed by atoms with Crippen LogP contribution in [0.2, 0.25) is 0 Å². The van der Waals surface area contributed by atoms with Crippen LogP contribution in [-0.2, 0) is 9.59 Å². The van der Waals surface area contributed by atoms with Gasteiger partial charge in [0.2, 0.25) is 5.91 Å². The Hall–Kier alpha value is -4.12. The quantitative estimate of drug-likeness (QED) is 0.408. The fraction of sp³-hybridized carbons (Fsp3) is 0.357. The lowest BCUT2D eigenvalue weighted by atomic mass is 9.96. The van der Waals surface area contributed by atoms with E-state index in [1.807, 2.05) is 6.07 Å². The van der Waals surface area contributed by atoms with Crippen LogP contribution in [0, 0.1) is 11.3 Å². The molecule has 0 bridgehead atoms. The molecule has 2 aliphatic rings. The molecule has 1 aliphatic heterocycles. The second-order valence-electron chi connectivity index (χ2n) is 8.87. The van der Waals surface area contributed by atoms with E-state index in [1.165, 1.54) is 24.7 Å². The lowest BCUT2D eigenvalue weighted by Crippen LogP contribution is -2.46. The molecule has 2 aromatic rings. The number of nitriles is 1. The second-order valence-corrected chi connectivity index (χ2v) is 8.87. The third-order valence-electron chi connectivity index (χ3n) is 6.70. The van der Waals surface area contributed by atoms with E-state index in [0.717, 1.165) is 30.6 Å². The highest BCUT2D eigenvalue weighted by Gasteiger charge is 2.44. The van der Waals surface area contributed by atoms with Gasteiger partial charge in [-0.3, -0.25) is 14.4 Å². The zero-order valence-electron chi connectivity index (χ0n) is 20.5. The molecule has 1 fully saturated rings. The molecule has 1 atom stereocenters. The molecule has 8 heteroatoms. The maximum Gasteiger partial charge on any atom is 0.257 e. The van der Waals surface area contributed by atoms with E-state index in [1.54, 1.807) is 42.5 Å². The Bertz CT molecular complexity index is 1230. The first-order chi connectivity index (χ1) is 17.5. The summed E-state index contributed by atoms with van der Waals surface area (Å²) in [5, 5.41) is 9.06. The number of anilines is 1. The number of carbonyl (C=O) groups is 3. The molecule has 8 nitrogen and oxygen atoms in total. The minimum absolute atomic E-state index is 0.100. The molecule has 3 amide bonds. The fourth-order valence-corrected chi connectivity index (χ4v) is 4.75. The predicted octanol–water partition coefficient (Wildman–Crippen LogP) is 4.24. The summed E-state index contributed by atoms with van der Waals surface area (Å²) in [5.74, 6) is -0.272. The van der Waals surface area contributed by atoms with E-state index in [4.69, 9.17) is 14.7 Å². The number of carbonyl (C=O) groups excluding carboxylic acids is 3. The SMILES string of the molecule is COc1ccc(C(=O)N(CCC2=CCCCC2)C2CC(=O)N(c3ccc(C#N)cc3)C2=O)cc1OC. The average Bonchev–Trinajstić information content (AvgIpc) is 3.22. The molecule has 4 rings (SSSR count). The zero-order chi connectivity index (χ0) is 25.7. The topological polar surface area (TPSA) is 99.9 Å². The van der Waals surface area contributed by atoms with Crippen LogP contribution < -0.4 is 14.4 Å². The molecule has 186 valence electrons. The van der Waals surface area contributed by atoms with Gasteiger partial charge in [-0.15, -0.1) is 0 Å². The smallest absolute Gasteiger partial charge is 0.257 e. The van der Waals surface area contributed by atoms with Crippen LogP contribution in [0.1, 0.15) is 54.4 Å². The van der Waals surface area contributed by atoms with E-state index < -0.39 is 11.9 Å². The number of amides is 3. The molecule has 2 aromatic carbocycles. The molecule has 36 heavy (non-hydrogen) atoms. The minimum Gasteiger partial charge on any atom is -0.493 e. The van der Waals surface area contributed by atoms with Crippen molar-refractivity contribution in [1.82, 2.24) is 4.90 Å². The summed E-state index contributed by atoms with van der Waals surface area (Å²) in [6.07, 6.45) is 7.04. The van der Waals surface area contributed by atoms with Gasteiger partial charge in [-0.05, 0) is 74.6 Å². The van der Waals surface area contributed by atoms with Crippen LogP contribution in [-0.4, -0.2) is 49.4 Å². The van der Waals surface area contributed by atoms with Crippen molar-refractivity contribution in [2.45, 2.75) is 44.6 Å². The highest BCUT2D eigenvalue weighted by molar-refractivity contribution is 6.23. The van der Waals surface area contributed by atoms with E-state index >= 15 is 0 Å². The number of allylic oxidation sites excluding steroid dienone is 1. The Labute approximate surface area is 210 Å². The van der Waals surface area contributed by atoms with Crippen molar-refractivity contribution in [1.29, 1.82) is 5.26 Å². The van der Waals surface area contributed by atoms with Crippen LogP contribution in [0.5, 0.6) is 11.5 Å². The van der Waals surface area contributed by atoms with Gasteiger partial charge in [0, 0.05) is 12.1 Å². The van der Waals surface area contributed by atoms with Gasteiger partial charge in [0.1, 0.15) is 6.04 Å².